The van der Waals surface area contributed by atoms with Crippen molar-refractivity contribution in [2.24, 2.45) is 35.5 Å². The summed E-state index contributed by atoms with van der Waals surface area (Å²) >= 11 is 0. The molecule has 2 amide bonds. The van der Waals surface area contributed by atoms with Crippen LogP contribution in [0.5, 0.6) is 0 Å². The van der Waals surface area contributed by atoms with Crippen LogP contribution < -0.4 is 0 Å². The number of hydrogen-bond acceptors (Lipinski definition) is 4. The number of likely N-dealkylation sites (tertiary alicyclic amines) is 2. The lowest BCUT2D eigenvalue weighted by Gasteiger charge is -2.45. The fourth-order valence-electron chi connectivity index (χ4n) is 14.9. The van der Waals surface area contributed by atoms with Gasteiger partial charge >= 0.3 is 24.3 Å². The Labute approximate surface area is 459 Å². The van der Waals surface area contributed by atoms with Gasteiger partial charge in [0.25, 0.3) is 0 Å². The molecule has 432 valence electrons. The van der Waals surface area contributed by atoms with Crippen molar-refractivity contribution < 1.29 is 73.3 Å². The van der Waals surface area contributed by atoms with E-state index >= 15 is 0 Å². The second-order valence-corrected chi connectivity index (χ2v) is 24.2. The molecule has 2 saturated heterocycles. The van der Waals surface area contributed by atoms with E-state index in [9.17, 15) is 73.3 Å². The molecule has 2 heterocycles. The Bertz CT molecular complexity index is 2780. The zero-order chi connectivity index (χ0) is 58.1. The summed E-state index contributed by atoms with van der Waals surface area (Å²) in [7, 11) is 0. The molecule has 4 aromatic rings. The van der Waals surface area contributed by atoms with Gasteiger partial charge in [0, 0.05) is 47.8 Å². The monoisotopic (exact) mass is 1130 g/mol. The van der Waals surface area contributed by atoms with Crippen molar-refractivity contribution in [3.8, 4) is 0 Å². The third-order valence-corrected chi connectivity index (χ3v) is 19.5. The number of fused-ring (bicyclic) bond motifs is 6. The van der Waals surface area contributed by atoms with Gasteiger partial charge in [-0.3, -0.25) is 19.2 Å². The van der Waals surface area contributed by atoms with Gasteiger partial charge in [-0.2, -0.15) is 26.3 Å². The maximum Gasteiger partial charge on any atom is 0.426 e. The molecule has 0 bridgehead atoms. The molecule has 2 aliphatic heterocycles. The van der Waals surface area contributed by atoms with Crippen LogP contribution in [0.1, 0.15) is 136 Å². The minimum atomic E-state index is -5.06. The van der Waals surface area contributed by atoms with Crippen LogP contribution in [0.4, 0.5) is 43.9 Å². The van der Waals surface area contributed by atoms with Gasteiger partial charge in [-0.15, -0.1) is 0 Å². The number of aliphatic carboxylic acids is 2. The topological polar surface area (TPSA) is 115 Å². The molecule has 2 saturated carbocycles. The average molecular weight is 1130 g/mol. The number of alkyl halides is 8. The molecule has 80 heavy (non-hydrogen) atoms. The number of carbonyl (C=O) groups is 4. The first-order valence-electron chi connectivity index (χ1n) is 27.8. The van der Waals surface area contributed by atoms with Crippen molar-refractivity contribution >= 4 is 23.8 Å². The molecule has 18 heteroatoms. The quantitative estimate of drug-likeness (QED) is 0.153. The van der Waals surface area contributed by atoms with Crippen molar-refractivity contribution in [2.45, 2.75) is 164 Å². The third kappa shape index (κ3) is 10.7. The first-order chi connectivity index (χ1) is 37.5. The minimum Gasteiger partial charge on any atom is -0.481 e. The smallest absolute Gasteiger partial charge is 0.426 e. The van der Waals surface area contributed by atoms with E-state index in [4.69, 9.17) is 0 Å². The minimum absolute atomic E-state index is 0.00450. The number of rotatable bonds is 10. The molecule has 0 radical (unpaired) electrons. The Hall–Kier alpha value is -5.94. The van der Waals surface area contributed by atoms with Gasteiger partial charge in [0.2, 0.25) is 23.2 Å². The summed E-state index contributed by atoms with van der Waals surface area (Å²) < 4.78 is 138. The van der Waals surface area contributed by atoms with Gasteiger partial charge in [-0.25, -0.2) is 17.6 Å². The van der Waals surface area contributed by atoms with Crippen LogP contribution in [0, 0.1) is 47.1 Å². The molecular formula is C62H68F10N2O6. The van der Waals surface area contributed by atoms with Gasteiger partial charge in [-0.1, -0.05) is 74.5 Å². The molecule has 10 rings (SSSR count). The van der Waals surface area contributed by atoms with Gasteiger partial charge in [0.1, 0.15) is 11.6 Å². The number of benzene rings is 4. The maximum atomic E-state index is 14.9. The van der Waals surface area contributed by atoms with Crippen molar-refractivity contribution in [3.63, 3.8) is 0 Å². The third-order valence-electron chi connectivity index (χ3n) is 19.5. The number of carboxylic acids is 2. The molecule has 0 spiro atoms. The van der Waals surface area contributed by atoms with Crippen molar-refractivity contribution in [1.82, 2.24) is 9.80 Å². The molecule has 4 unspecified atom stereocenters. The number of carbonyl (C=O) groups excluding carboxylic acids is 2. The molecule has 12 atom stereocenters. The second-order valence-electron chi connectivity index (χ2n) is 24.2. The second kappa shape index (κ2) is 21.8. The van der Waals surface area contributed by atoms with Gasteiger partial charge in [0.05, 0.1) is 11.8 Å². The largest absolute Gasteiger partial charge is 0.481 e. The summed E-state index contributed by atoms with van der Waals surface area (Å²) in [5.74, 6) is -4.18. The number of carboxylic acid groups (broad SMARTS) is 2. The summed E-state index contributed by atoms with van der Waals surface area (Å²) in [4.78, 5) is 54.7. The zero-order valence-corrected chi connectivity index (χ0v) is 45.2. The summed E-state index contributed by atoms with van der Waals surface area (Å²) in [6.45, 7) is 5.73. The number of nitrogens with zero attached hydrogens (tertiary/aromatic N) is 2. The van der Waals surface area contributed by atoms with Crippen LogP contribution in [-0.4, -0.2) is 81.3 Å². The lowest BCUT2D eigenvalue weighted by molar-refractivity contribution is -0.229. The first-order valence-corrected chi connectivity index (χ1v) is 27.8. The van der Waals surface area contributed by atoms with E-state index in [0.29, 0.717) is 128 Å². The normalized spacial score (nSPS) is 29.8. The highest BCUT2D eigenvalue weighted by Crippen LogP contribution is 2.54. The Morgan fingerprint density at radius 1 is 0.525 bits per heavy atom. The first kappa shape index (κ1) is 58.7. The number of amides is 2. The average Bonchev–Trinajstić information content (AvgIpc) is 4.00. The molecule has 4 aromatic carbocycles. The molecule has 4 fully saturated rings. The highest BCUT2D eigenvalue weighted by Gasteiger charge is 2.58. The highest BCUT2D eigenvalue weighted by molar-refractivity contribution is 5.82. The number of aryl methyl sites for hydroxylation is 2. The van der Waals surface area contributed by atoms with Crippen molar-refractivity contribution in [3.05, 3.63) is 141 Å². The van der Waals surface area contributed by atoms with E-state index in [0.717, 1.165) is 22.3 Å². The fourth-order valence-corrected chi connectivity index (χ4v) is 14.9. The molecule has 2 N–H and O–H groups in total. The van der Waals surface area contributed by atoms with E-state index in [1.807, 2.05) is 23.6 Å². The Morgan fingerprint density at radius 3 is 1.19 bits per heavy atom. The van der Waals surface area contributed by atoms with Gasteiger partial charge in [-0.05, 0) is 184 Å². The Morgan fingerprint density at radius 2 is 0.875 bits per heavy atom. The van der Waals surface area contributed by atoms with E-state index < -0.39 is 69.4 Å². The fraction of sp³-hybridized carbons (Fsp3) is 0.548. The molecule has 8 nitrogen and oxygen atoms in total. The van der Waals surface area contributed by atoms with Crippen molar-refractivity contribution in [2.75, 3.05) is 13.1 Å². The summed E-state index contributed by atoms with van der Waals surface area (Å²) in [5.41, 5.74) is -4.49. The molecular weight excluding hydrogens is 1060 g/mol. The van der Waals surface area contributed by atoms with Crippen LogP contribution in [0.2, 0.25) is 0 Å². The molecule has 4 aliphatic carbocycles. The predicted octanol–water partition coefficient (Wildman–Crippen LogP) is 13.5. The van der Waals surface area contributed by atoms with E-state index in [2.05, 4.69) is 0 Å². The van der Waals surface area contributed by atoms with E-state index in [1.54, 1.807) is 36.4 Å². The lowest BCUT2D eigenvalue weighted by atomic mass is 9.63. The van der Waals surface area contributed by atoms with Crippen molar-refractivity contribution in [1.29, 1.82) is 0 Å². The summed E-state index contributed by atoms with van der Waals surface area (Å²) in [6, 6.07) is 20.0. The Kier molecular flexibility index (Phi) is 16.0. The SMILES string of the molecule is C[C@H]1CC(C(=O)N2CC[C@@]3(Cc4ccc(F)cc4)c4ccc(C(C)(F)C(F)(F)F)cc4CC[C@@H]23)CC[C@H]1C(=O)O.C[C@H]1CC(C(=O)N2CC[C@@]3(Cc4ccc(F)cc4)c4ccc(C(C)(F)C(F)(F)F)cc4CC[C@@H]23)CC[C@H]1C(=O)O. The number of hydrogen-bond donors (Lipinski definition) is 2. The van der Waals surface area contributed by atoms with E-state index in [1.165, 1.54) is 48.5 Å². The van der Waals surface area contributed by atoms with Gasteiger partial charge in [0.15, 0.2) is 0 Å². The highest BCUT2D eigenvalue weighted by atomic mass is 19.4. The lowest BCUT2D eigenvalue weighted by Crippen LogP contribution is -2.51. The van der Waals surface area contributed by atoms with E-state index in [-0.39, 0.29) is 59.2 Å². The zero-order valence-electron chi connectivity index (χ0n) is 45.2. The van der Waals surface area contributed by atoms with Crippen LogP contribution in [0.3, 0.4) is 0 Å². The Balaban J connectivity index is 0.000000194. The van der Waals surface area contributed by atoms with Crippen LogP contribution in [-0.2, 0) is 67.0 Å². The van der Waals surface area contributed by atoms with Gasteiger partial charge < -0.3 is 20.0 Å². The molecule has 6 aliphatic rings. The standard InChI is InChI=1S/2C31H34F5NO3/c2*1-18-15-21(5-10-24(18)28(39)40)27(38)37-14-13-30(17-19-3-8-23(32)9-4-19)25-11-7-22(29(2,33)31(34,35)36)16-20(25)6-12-26(30)37/h2*3-4,7-9,11,16,18,21,24,26H,5-6,10,12-15,17H2,1-2H3,(H,39,40)/t2*18-,21?,24+,26+,29?,30+/m00/s1. The number of halogens is 10. The van der Waals surface area contributed by atoms with Crippen LogP contribution in [0.25, 0.3) is 0 Å². The van der Waals surface area contributed by atoms with Crippen LogP contribution in [0.15, 0.2) is 84.9 Å². The van der Waals surface area contributed by atoms with Crippen LogP contribution >= 0.6 is 0 Å². The summed E-state index contributed by atoms with van der Waals surface area (Å²) in [5, 5.41) is 19.0. The predicted molar refractivity (Wildman–Crippen MR) is 278 cm³/mol. The summed E-state index contributed by atoms with van der Waals surface area (Å²) in [6.07, 6.45) is -3.35. The molecule has 0 aromatic heterocycles. The maximum absolute atomic E-state index is 14.9.